The highest BCUT2D eigenvalue weighted by Gasteiger charge is 2.38. The molecule has 2 heterocycles. The summed E-state index contributed by atoms with van der Waals surface area (Å²) in [6.07, 6.45) is 6.89. The number of thiophene rings is 1. The van der Waals surface area contributed by atoms with Crippen LogP contribution < -0.4 is 5.32 Å². The maximum atomic E-state index is 3.49. The first-order chi connectivity index (χ1) is 10.1. The van der Waals surface area contributed by atoms with Crippen molar-refractivity contribution < 1.29 is 0 Å². The highest BCUT2D eigenvalue weighted by Crippen LogP contribution is 2.42. The molecule has 0 aromatic carbocycles. The van der Waals surface area contributed by atoms with Gasteiger partial charge in [0.05, 0.1) is 0 Å². The van der Waals surface area contributed by atoms with E-state index in [2.05, 4.69) is 42.6 Å². The minimum atomic E-state index is 0.494. The first-order valence-corrected chi connectivity index (χ1v) is 9.46. The van der Waals surface area contributed by atoms with Crippen LogP contribution in [0, 0.1) is 11.3 Å². The summed E-state index contributed by atoms with van der Waals surface area (Å²) in [7, 11) is 2.12. The molecular formula is C18H30N2S. The molecule has 3 heteroatoms. The molecule has 1 N–H and O–H groups in total. The van der Waals surface area contributed by atoms with Gasteiger partial charge >= 0.3 is 0 Å². The van der Waals surface area contributed by atoms with E-state index in [1.165, 1.54) is 51.7 Å². The molecule has 3 unspecified atom stereocenters. The van der Waals surface area contributed by atoms with Gasteiger partial charge in [0.2, 0.25) is 0 Å². The summed E-state index contributed by atoms with van der Waals surface area (Å²) in [6, 6.07) is 2.95. The van der Waals surface area contributed by atoms with E-state index in [1.54, 1.807) is 10.4 Å². The molecule has 0 spiro atoms. The first kappa shape index (κ1) is 15.5. The van der Waals surface area contributed by atoms with Crippen molar-refractivity contribution in [3.8, 4) is 0 Å². The van der Waals surface area contributed by atoms with Gasteiger partial charge in [-0.25, -0.2) is 0 Å². The maximum absolute atomic E-state index is 3.49. The van der Waals surface area contributed by atoms with Gasteiger partial charge in [-0.3, -0.25) is 4.90 Å². The summed E-state index contributed by atoms with van der Waals surface area (Å²) in [4.78, 5) is 4.38. The quantitative estimate of drug-likeness (QED) is 0.901. The standard InChI is InChI=1S/C18H30N2S/c1-14-5-4-8-18(11-14,12-19-3)13-20-9-6-17-16(15(20)2)7-10-21-17/h7,10,14-15,19H,4-6,8-9,11-13H2,1-3H3. The Balaban J connectivity index is 1.74. The van der Waals surface area contributed by atoms with Gasteiger partial charge in [0, 0.05) is 30.6 Å². The van der Waals surface area contributed by atoms with Crippen LogP contribution in [0.15, 0.2) is 11.4 Å². The molecule has 1 aromatic rings. The largest absolute Gasteiger partial charge is 0.319 e. The molecule has 3 rings (SSSR count). The van der Waals surface area contributed by atoms with E-state index in [9.17, 15) is 0 Å². The molecule has 2 nitrogen and oxygen atoms in total. The molecule has 21 heavy (non-hydrogen) atoms. The molecule has 0 radical (unpaired) electrons. The molecule has 3 atom stereocenters. The normalized spacial score (nSPS) is 33.9. The van der Waals surface area contributed by atoms with Crippen molar-refractivity contribution in [3.05, 3.63) is 21.9 Å². The molecule has 1 fully saturated rings. The van der Waals surface area contributed by atoms with E-state index in [1.807, 2.05) is 11.3 Å². The van der Waals surface area contributed by atoms with Gasteiger partial charge in [-0.15, -0.1) is 11.3 Å². The fourth-order valence-electron chi connectivity index (χ4n) is 4.71. The van der Waals surface area contributed by atoms with E-state index < -0.39 is 0 Å². The van der Waals surface area contributed by atoms with Crippen LogP contribution in [0.25, 0.3) is 0 Å². The number of rotatable bonds is 4. The predicted octanol–water partition coefficient (Wildman–Crippen LogP) is 4.08. The lowest BCUT2D eigenvalue weighted by molar-refractivity contribution is 0.0591. The Morgan fingerprint density at radius 3 is 3.05 bits per heavy atom. The Kier molecular flexibility index (Phi) is 4.72. The van der Waals surface area contributed by atoms with Crippen LogP contribution in [0.4, 0.5) is 0 Å². The van der Waals surface area contributed by atoms with Crippen LogP contribution in [0.2, 0.25) is 0 Å². The summed E-state index contributed by atoms with van der Waals surface area (Å²) >= 11 is 1.95. The van der Waals surface area contributed by atoms with Crippen LogP contribution in [-0.2, 0) is 6.42 Å². The summed E-state index contributed by atoms with van der Waals surface area (Å²) in [5.74, 6) is 0.893. The maximum Gasteiger partial charge on any atom is 0.0331 e. The van der Waals surface area contributed by atoms with Gasteiger partial charge in [0.1, 0.15) is 0 Å². The second-order valence-electron chi connectivity index (χ2n) is 7.43. The molecule has 0 saturated heterocycles. The Morgan fingerprint density at radius 1 is 1.43 bits per heavy atom. The van der Waals surface area contributed by atoms with Crippen LogP contribution in [0.3, 0.4) is 0 Å². The summed E-state index contributed by atoms with van der Waals surface area (Å²) in [5, 5.41) is 5.77. The zero-order chi connectivity index (χ0) is 14.9. The Hall–Kier alpha value is -0.380. The van der Waals surface area contributed by atoms with Crippen LogP contribution >= 0.6 is 11.3 Å². The third-order valence-corrected chi connectivity index (χ3v) is 6.68. The smallest absolute Gasteiger partial charge is 0.0331 e. The first-order valence-electron chi connectivity index (χ1n) is 8.58. The summed E-state index contributed by atoms with van der Waals surface area (Å²) in [6.45, 7) is 8.55. The fourth-order valence-corrected chi connectivity index (χ4v) is 5.67. The summed E-state index contributed by atoms with van der Waals surface area (Å²) in [5.41, 5.74) is 2.09. The molecule has 0 amide bonds. The molecule has 1 aromatic heterocycles. The average molecular weight is 307 g/mol. The average Bonchev–Trinajstić information content (AvgIpc) is 2.91. The number of hydrogen-bond acceptors (Lipinski definition) is 3. The number of nitrogens with zero attached hydrogens (tertiary/aromatic N) is 1. The molecule has 2 aliphatic rings. The number of fused-ring (bicyclic) bond motifs is 1. The molecule has 0 bridgehead atoms. The highest BCUT2D eigenvalue weighted by atomic mass is 32.1. The zero-order valence-electron chi connectivity index (χ0n) is 13.8. The van der Waals surface area contributed by atoms with Gasteiger partial charge in [-0.05, 0) is 61.6 Å². The minimum Gasteiger partial charge on any atom is -0.319 e. The van der Waals surface area contributed by atoms with Crippen molar-refractivity contribution in [2.75, 3.05) is 26.7 Å². The van der Waals surface area contributed by atoms with Crippen molar-refractivity contribution in [2.24, 2.45) is 11.3 Å². The Morgan fingerprint density at radius 2 is 2.29 bits per heavy atom. The van der Waals surface area contributed by atoms with Crippen molar-refractivity contribution in [1.29, 1.82) is 0 Å². The lowest BCUT2D eigenvalue weighted by Gasteiger charge is -2.46. The van der Waals surface area contributed by atoms with Crippen LogP contribution in [0.5, 0.6) is 0 Å². The van der Waals surface area contributed by atoms with Gasteiger partial charge in [0.15, 0.2) is 0 Å². The Labute approximate surface area is 133 Å². The van der Waals surface area contributed by atoms with E-state index in [4.69, 9.17) is 0 Å². The Bertz CT molecular complexity index is 466. The SMILES string of the molecule is CNCC1(CN2CCc3sccc3C2C)CCCC(C)C1. The van der Waals surface area contributed by atoms with Gasteiger partial charge < -0.3 is 5.32 Å². The van der Waals surface area contributed by atoms with E-state index in [0.717, 1.165) is 5.92 Å². The second kappa shape index (κ2) is 6.39. The minimum absolute atomic E-state index is 0.494. The van der Waals surface area contributed by atoms with Crippen molar-refractivity contribution in [1.82, 2.24) is 10.2 Å². The van der Waals surface area contributed by atoms with Crippen molar-refractivity contribution >= 4 is 11.3 Å². The zero-order valence-corrected chi connectivity index (χ0v) is 14.6. The summed E-state index contributed by atoms with van der Waals surface area (Å²) < 4.78 is 0. The lowest BCUT2D eigenvalue weighted by Crippen LogP contribution is -2.48. The molecule has 1 aliphatic heterocycles. The lowest BCUT2D eigenvalue weighted by atomic mass is 9.69. The van der Waals surface area contributed by atoms with Crippen molar-refractivity contribution in [3.63, 3.8) is 0 Å². The third kappa shape index (κ3) is 3.20. The van der Waals surface area contributed by atoms with Gasteiger partial charge in [-0.1, -0.05) is 19.8 Å². The fraction of sp³-hybridized carbons (Fsp3) is 0.778. The van der Waals surface area contributed by atoms with Gasteiger partial charge in [0.25, 0.3) is 0 Å². The van der Waals surface area contributed by atoms with E-state index in [0.29, 0.717) is 11.5 Å². The molecule has 1 saturated carbocycles. The predicted molar refractivity (Wildman–Crippen MR) is 92.0 cm³/mol. The number of nitrogens with one attached hydrogen (secondary N) is 1. The molecule has 118 valence electrons. The molecular weight excluding hydrogens is 276 g/mol. The number of hydrogen-bond donors (Lipinski definition) is 1. The van der Waals surface area contributed by atoms with E-state index >= 15 is 0 Å². The van der Waals surface area contributed by atoms with Crippen LogP contribution in [-0.4, -0.2) is 31.6 Å². The topological polar surface area (TPSA) is 15.3 Å². The van der Waals surface area contributed by atoms with Crippen LogP contribution in [0.1, 0.15) is 56.0 Å². The van der Waals surface area contributed by atoms with E-state index in [-0.39, 0.29) is 0 Å². The molecule has 1 aliphatic carbocycles. The monoisotopic (exact) mass is 306 g/mol. The van der Waals surface area contributed by atoms with Crippen molar-refractivity contribution in [2.45, 2.75) is 52.0 Å². The second-order valence-corrected chi connectivity index (χ2v) is 8.43. The third-order valence-electron chi connectivity index (χ3n) is 5.68. The highest BCUT2D eigenvalue weighted by molar-refractivity contribution is 7.10. The van der Waals surface area contributed by atoms with Gasteiger partial charge in [-0.2, -0.15) is 0 Å².